The SMILES string of the molecule is CC(=O)N1CCN(CCOCc2ccn(-c3ccc(F)c(F)c3)n2)CC1.CC(=O)N1CCN(CCOCc2ccn(-c3ccc(F)c(F)c3)n2)CC1.Cl. The summed E-state index contributed by atoms with van der Waals surface area (Å²) >= 11 is 0. The van der Waals surface area contributed by atoms with Crippen molar-refractivity contribution in [1.29, 1.82) is 0 Å². The molecule has 4 heterocycles. The molecule has 0 N–H and O–H groups in total. The number of hydrogen-bond acceptors (Lipinski definition) is 8. The molecule has 2 aliphatic heterocycles. The Morgan fingerprint density at radius 3 is 1.30 bits per heavy atom. The van der Waals surface area contributed by atoms with Crippen molar-refractivity contribution in [2.24, 2.45) is 0 Å². The summed E-state index contributed by atoms with van der Waals surface area (Å²) in [4.78, 5) is 30.8. The summed E-state index contributed by atoms with van der Waals surface area (Å²) in [6.07, 6.45) is 3.37. The van der Waals surface area contributed by atoms with E-state index in [1.807, 2.05) is 9.80 Å². The molecule has 2 aliphatic rings. The lowest BCUT2D eigenvalue weighted by Gasteiger charge is -2.34. The predicted molar refractivity (Wildman–Crippen MR) is 191 cm³/mol. The molecule has 2 aromatic heterocycles. The van der Waals surface area contributed by atoms with Gasteiger partial charge in [0.25, 0.3) is 0 Å². The fraction of sp³-hybridized carbons (Fsp3) is 0.444. The van der Waals surface area contributed by atoms with Crippen LogP contribution in [0.5, 0.6) is 0 Å². The lowest BCUT2D eigenvalue weighted by molar-refractivity contribution is -0.131. The molecule has 2 amide bonds. The Kier molecular flexibility index (Phi) is 15.8. The molecular formula is C36H45ClF4N8O4. The molecule has 2 saturated heterocycles. The second-order valence-electron chi connectivity index (χ2n) is 12.5. The minimum Gasteiger partial charge on any atom is -0.374 e. The van der Waals surface area contributed by atoms with Gasteiger partial charge >= 0.3 is 0 Å². The van der Waals surface area contributed by atoms with Crippen molar-refractivity contribution >= 4 is 24.2 Å². The van der Waals surface area contributed by atoms with Crippen LogP contribution in [0.2, 0.25) is 0 Å². The van der Waals surface area contributed by atoms with Crippen molar-refractivity contribution in [3.8, 4) is 11.4 Å². The Morgan fingerprint density at radius 1 is 0.585 bits per heavy atom. The van der Waals surface area contributed by atoms with Crippen LogP contribution in [0.4, 0.5) is 17.6 Å². The molecule has 0 atom stereocenters. The van der Waals surface area contributed by atoms with Gasteiger partial charge in [0, 0.05) is 104 Å². The van der Waals surface area contributed by atoms with E-state index in [0.717, 1.165) is 101 Å². The molecule has 2 fully saturated rings. The number of carbonyl (C=O) groups excluding carboxylic acids is 2. The van der Waals surface area contributed by atoms with Crippen LogP contribution in [0.3, 0.4) is 0 Å². The van der Waals surface area contributed by atoms with Crippen LogP contribution in [0.15, 0.2) is 60.9 Å². The standard InChI is InChI=1S/2C18H22F2N4O2.ClH/c2*1-14(25)23-8-6-22(7-9-23)10-11-26-13-15-4-5-24(21-15)16-2-3-17(19)18(20)12-16;/h2*2-5,12H,6-11,13H2,1H3;1H. The highest BCUT2D eigenvalue weighted by atomic mass is 35.5. The maximum atomic E-state index is 13.3. The van der Waals surface area contributed by atoms with Crippen LogP contribution in [0.1, 0.15) is 25.2 Å². The van der Waals surface area contributed by atoms with Crippen LogP contribution in [-0.4, -0.2) is 130 Å². The average molecular weight is 765 g/mol. The third-order valence-corrected chi connectivity index (χ3v) is 8.86. The van der Waals surface area contributed by atoms with Crippen molar-refractivity contribution in [1.82, 2.24) is 39.2 Å². The highest BCUT2D eigenvalue weighted by Gasteiger charge is 2.19. The molecule has 0 spiro atoms. The summed E-state index contributed by atoms with van der Waals surface area (Å²) in [7, 11) is 0. The highest BCUT2D eigenvalue weighted by Crippen LogP contribution is 2.15. The summed E-state index contributed by atoms with van der Waals surface area (Å²) in [6.45, 7) is 13.1. The maximum absolute atomic E-state index is 13.3. The number of ether oxygens (including phenoxy) is 2. The Morgan fingerprint density at radius 2 is 0.962 bits per heavy atom. The zero-order chi connectivity index (χ0) is 37.0. The monoisotopic (exact) mass is 764 g/mol. The molecule has 288 valence electrons. The minimum atomic E-state index is -0.902. The van der Waals surface area contributed by atoms with E-state index in [1.54, 1.807) is 38.4 Å². The molecule has 0 unspecified atom stereocenters. The van der Waals surface area contributed by atoms with Gasteiger partial charge in [0.1, 0.15) is 0 Å². The van der Waals surface area contributed by atoms with Crippen LogP contribution >= 0.6 is 12.4 Å². The molecule has 12 nitrogen and oxygen atoms in total. The number of hydrogen-bond donors (Lipinski definition) is 0. The molecule has 0 radical (unpaired) electrons. The van der Waals surface area contributed by atoms with Gasteiger partial charge in [-0.15, -0.1) is 12.4 Å². The number of carbonyl (C=O) groups is 2. The fourth-order valence-corrected chi connectivity index (χ4v) is 5.73. The number of halogens is 5. The van der Waals surface area contributed by atoms with E-state index < -0.39 is 23.3 Å². The molecule has 53 heavy (non-hydrogen) atoms. The van der Waals surface area contributed by atoms with Gasteiger partial charge in [-0.2, -0.15) is 10.2 Å². The van der Waals surface area contributed by atoms with Crippen molar-refractivity contribution in [3.63, 3.8) is 0 Å². The molecule has 2 aromatic carbocycles. The van der Waals surface area contributed by atoms with Crippen LogP contribution in [0.25, 0.3) is 11.4 Å². The summed E-state index contributed by atoms with van der Waals surface area (Å²) < 4.78 is 66.9. The smallest absolute Gasteiger partial charge is 0.219 e. The van der Waals surface area contributed by atoms with Crippen molar-refractivity contribution in [2.45, 2.75) is 27.1 Å². The molecular weight excluding hydrogens is 720 g/mol. The summed E-state index contributed by atoms with van der Waals surface area (Å²) in [5, 5.41) is 8.62. The highest BCUT2D eigenvalue weighted by molar-refractivity contribution is 5.85. The summed E-state index contributed by atoms with van der Waals surface area (Å²) in [5.41, 5.74) is 2.35. The first-order chi connectivity index (χ1) is 25.0. The Bertz CT molecular complexity index is 1650. The largest absolute Gasteiger partial charge is 0.374 e. The number of amides is 2. The van der Waals surface area contributed by atoms with Gasteiger partial charge < -0.3 is 19.3 Å². The Hall–Kier alpha value is -4.35. The van der Waals surface area contributed by atoms with E-state index in [9.17, 15) is 27.2 Å². The third-order valence-electron chi connectivity index (χ3n) is 8.86. The number of nitrogens with zero attached hydrogens (tertiary/aromatic N) is 8. The van der Waals surface area contributed by atoms with E-state index in [4.69, 9.17) is 9.47 Å². The number of piperazine rings is 2. The van der Waals surface area contributed by atoms with E-state index in [0.29, 0.717) is 37.8 Å². The van der Waals surface area contributed by atoms with E-state index in [2.05, 4.69) is 20.0 Å². The van der Waals surface area contributed by atoms with E-state index in [-0.39, 0.29) is 24.2 Å². The predicted octanol–water partition coefficient (Wildman–Crippen LogP) is 4.08. The normalized spacial score (nSPS) is 15.1. The van der Waals surface area contributed by atoms with Gasteiger partial charge in [0.15, 0.2) is 23.3 Å². The molecule has 0 bridgehead atoms. The first-order valence-corrected chi connectivity index (χ1v) is 17.2. The second-order valence-corrected chi connectivity index (χ2v) is 12.5. The van der Waals surface area contributed by atoms with Crippen molar-refractivity contribution < 1.29 is 36.6 Å². The number of benzene rings is 2. The molecule has 6 rings (SSSR count). The van der Waals surface area contributed by atoms with Crippen molar-refractivity contribution in [3.05, 3.63) is 95.6 Å². The maximum Gasteiger partial charge on any atom is 0.219 e. The lowest BCUT2D eigenvalue weighted by Crippen LogP contribution is -2.48. The molecule has 0 saturated carbocycles. The first-order valence-electron chi connectivity index (χ1n) is 17.2. The third kappa shape index (κ3) is 12.4. The number of aromatic nitrogens is 4. The van der Waals surface area contributed by atoms with Crippen LogP contribution < -0.4 is 0 Å². The van der Waals surface area contributed by atoms with Crippen LogP contribution in [0, 0.1) is 23.3 Å². The summed E-state index contributed by atoms with van der Waals surface area (Å²) in [5.74, 6) is -3.32. The fourth-order valence-electron chi connectivity index (χ4n) is 5.73. The number of rotatable bonds is 12. The van der Waals surface area contributed by atoms with E-state index >= 15 is 0 Å². The second kappa shape index (κ2) is 20.2. The Balaban J connectivity index is 0.000000232. The van der Waals surface area contributed by atoms with Gasteiger partial charge in [0.05, 0.1) is 49.2 Å². The van der Waals surface area contributed by atoms with Gasteiger partial charge in [0.2, 0.25) is 11.8 Å². The summed E-state index contributed by atoms with van der Waals surface area (Å²) in [6, 6.07) is 10.9. The van der Waals surface area contributed by atoms with Gasteiger partial charge in [-0.3, -0.25) is 19.4 Å². The molecule has 17 heteroatoms. The van der Waals surface area contributed by atoms with Gasteiger partial charge in [-0.25, -0.2) is 26.9 Å². The minimum absolute atomic E-state index is 0. The van der Waals surface area contributed by atoms with E-state index in [1.165, 1.54) is 21.5 Å². The first kappa shape index (κ1) is 41.4. The van der Waals surface area contributed by atoms with Crippen molar-refractivity contribution in [2.75, 3.05) is 78.7 Å². The van der Waals surface area contributed by atoms with Gasteiger partial charge in [-0.1, -0.05) is 0 Å². The zero-order valence-corrected chi connectivity index (χ0v) is 30.6. The topological polar surface area (TPSA) is 101 Å². The van der Waals surface area contributed by atoms with Gasteiger partial charge in [-0.05, 0) is 36.4 Å². The average Bonchev–Trinajstić information content (AvgIpc) is 3.82. The quantitative estimate of drug-likeness (QED) is 0.157. The molecule has 0 aliphatic carbocycles. The molecule has 4 aromatic rings. The van der Waals surface area contributed by atoms with Crippen LogP contribution in [-0.2, 0) is 32.3 Å². The Labute approximate surface area is 312 Å². The zero-order valence-electron chi connectivity index (χ0n) is 29.8. The lowest BCUT2D eigenvalue weighted by atomic mass is 10.3.